The quantitative estimate of drug-likeness (QED) is 0.793. The predicted molar refractivity (Wildman–Crippen MR) is 92.0 cm³/mol. The van der Waals surface area contributed by atoms with Crippen molar-refractivity contribution in [3.05, 3.63) is 57.5 Å². The highest BCUT2D eigenvalue weighted by molar-refractivity contribution is 9.10. The van der Waals surface area contributed by atoms with Crippen molar-refractivity contribution in [2.75, 3.05) is 17.2 Å². The Morgan fingerprint density at radius 1 is 1.29 bits per heavy atom. The third-order valence-electron chi connectivity index (χ3n) is 3.03. The highest BCUT2D eigenvalue weighted by Gasteiger charge is 2.20. The van der Waals surface area contributed by atoms with Crippen molar-refractivity contribution in [3.8, 4) is 0 Å². The number of nitrogens with two attached hydrogens (primary N) is 1. The minimum atomic E-state index is -0.131. The van der Waals surface area contributed by atoms with Crippen molar-refractivity contribution in [1.82, 2.24) is 0 Å². The van der Waals surface area contributed by atoms with Crippen LogP contribution in [0.25, 0.3) is 0 Å². The molecule has 3 nitrogen and oxygen atoms in total. The monoisotopic (exact) mass is 366 g/mol. The van der Waals surface area contributed by atoms with Gasteiger partial charge in [0.15, 0.2) is 0 Å². The first-order chi connectivity index (χ1) is 10.0. The molecule has 0 aliphatic rings. The van der Waals surface area contributed by atoms with Crippen LogP contribution in [0.5, 0.6) is 0 Å². The molecule has 2 aromatic carbocycles. The molecule has 0 bridgehead atoms. The highest BCUT2D eigenvalue weighted by Crippen LogP contribution is 2.26. The number of amides is 1. The normalized spacial score (nSPS) is 10.4. The molecule has 0 aliphatic heterocycles. The Kier molecular flexibility index (Phi) is 5.26. The fraction of sp³-hybridized carbons (Fsp3) is 0.188. The summed E-state index contributed by atoms with van der Waals surface area (Å²) in [7, 11) is 0. The molecule has 0 saturated heterocycles. The number of anilines is 2. The van der Waals surface area contributed by atoms with Crippen LogP contribution < -0.4 is 10.6 Å². The molecule has 0 aromatic heterocycles. The Morgan fingerprint density at radius 3 is 2.71 bits per heavy atom. The lowest BCUT2D eigenvalue weighted by molar-refractivity contribution is 0.0987. The Hall–Kier alpha value is -1.52. The topological polar surface area (TPSA) is 46.3 Å². The van der Waals surface area contributed by atoms with Gasteiger partial charge in [-0.15, -0.1) is 0 Å². The number of hydrogen-bond acceptors (Lipinski definition) is 2. The number of benzene rings is 2. The zero-order chi connectivity index (χ0) is 15.4. The lowest BCUT2D eigenvalue weighted by Crippen LogP contribution is -2.32. The van der Waals surface area contributed by atoms with Gasteiger partial charge in [0.25, 0.3) is 5.91 Å². The third kappa shape index (κ3) is 3.77. The van der Waals surface area contributed by atoms with Gasteiger partial charge in [-0.2, -0.15) is 0 Å². The Balaban J connectivity index is 2.42. The van der Waals surface area contributed by atoms with Crippen LogP contribution in [0.4, 0.5) is 11.4 Å². The average molecular weight is 368 g/mol. The van der Waals surface area contributed by atoms with Crippen molar-refractivity contribution < 1.29 is 4.79 Å². The fourth-order valence-electron chi connectivity index (χ4n) is 2.07. The molecule has 2 aromatic rings. The highest BCUT2D eigenvalue weighted by atomic mass is 79.9. The molecule has 1 amide bonds. The number of rotatable bonds is 4. The molecular formula is C16H16BrClN2O. The molecule has 0 atom stereocenters. The molecule has 0 radical (unpaired) electrons. The van der Waals surface area contributed by atoms with E-state index in [1.165, 1.54) is 0 Å². The van der Waals surface area contributed by atoms with Crippen LogP contribution in [-0.4, -0.2) is 12.5 Å². The van der Waals surface area contributed by atoms with Gasteiger partial charge in [-0.25, -0.2) is 0 Å². The summed E-state index contributed by atoms with van der Waals surface area (Å²) in [5.41, 5.74) is 7.69. The first-order valence-corrected chi connectivity index (χ1v) is 7.82. The summed E-state index contributed by atoms with van der Waals surface area (Å²) in [5, 5.41) is 0.438. The van der Waals surface area contributed by atoms with Crippen molar-refractivity contribution in [1.29, 1.82) is 0 Å². The molecule has 0 aliphatic carbocycles. The first-order valence-electron chi connectivity index (χ1n) is 6.65. The molecule has 2 N–H and O–H groups in total. The Morgan fingerprint density at radius 2 is 2.05 bits per heavy atom. The van der Waals surface area contributed by atoms with Gasteiger partial charge in [-0.1, -0.05) is 40.5 Å². The van der Waals surface area contributed by atoms with Crippen LogP contribution in [0.15, 0.2) is 46.9 Å². The second-order valence-electron chi connectivity index (χ2n) is 4.68. The maximum absolute atomic E-state index is 12.8. The van der Waals surface area contributed by atoms with Gasteiger partial charge in [0.1, 0.15) is 0 Å². The molecule has 5 heteroatoms. The van der Waals surface area contributed by atoms with Gasteiger partial charge in [0.2, 0.25) is 0 Å². The third-order valence-corrected chi connectivity index (χ3v) is 3.86. The van der Waals surface area contributed by atoms with Crippen LogP contribution in [0.3, 0.4) is 0 Å². The smallest absolute Gasteiger partial charge is 0.259 e. The van der Waals surface area contributed by atoms with Gasteiger partial charge in [0.05, 0.1) is 10.6 Å². The van der Waals surface area contributed by atoms with Crippen LogP contribution in [0, 0.1) is 0 Å². The standard InChI is InChI=1S/C16H16BrClN2O/c1-2-8-20(13-5-3-4-12(19)10-13)16(21)14-9-11(17)6-7-15(14)18/h3-7,9-10H,2,8,19H2,1H3. The van der Waals surface area contributed by atoms with Crippen molar-refractivity contribution in [3.63, 3.8) is 0 Å². The Bertz CT molecular complexity index is 660. The van der Waals surface area contributed by atoms with Crippen LogP contribution in [0.2, 0.25) is 5.02 Å². The number of carbonyl (C=O) groups is 1. The van der Waals surface area contributed by atoms with Crippen molar-refractivity contribution >= 4 is 44.8 Å². The maximum Gasteiger partial charge on any atom is 0.259 e. The predicted octanol–water partition coefficient (Wildman–Crippen LogP) is 4.74. The van der Waals surface area contributed by atoms with Gasteiger partial charge < -0.3 is 10.6 Å². The summed E-state index contributed by atoms with van der Waals surface area (Å²) in [6.45, 7) is 2.63. The fourth-order valence-corrected chi connectivity index (χ4v) is 2.63. The second kappa shape index (κ2) is 6.96. The van der Waals surface area contributed by atoms with Crippen molar-refractivity contribution in [2.24, 2.45) is 0 Å². The molecular weight excluding hydrogens is 352 g/mol. The molecule has 0 saturated carbocycles. The summed E-state index contributed by atoms with van der Waals surface area (Å²) in [4.78, 5) is 14.5. The molecule has 21 heavy (non-hydrogen) atoms. The van der Waals surface area contributed by atoms with Gasteiger partial charge in [0, 0.05) is 22.4 Å². The van der Waals surface area contributed by atoms with E-state index in [0.717, 1.165) is 16.6 Å². The summed E-state index contributed by atoms with van der Waals surface area (Å²) < 4.78 is 0.819. The minimum Gasteiger partial charge on any atom is -0.399 e. The van der Waals surface area contributed by atoms with Gasteiger partial charge in [-0.05, 0) is 42.8 Å². The minimum absolute atomic E-state index is 0.131. The van der Waals surface area contributed by atoms with E-state index in [-0.39, 0.29) is 5.91 Å². The van der Waals surface area contributed by atoms with E-state index in [2.05, 4.69) is 15.9 Å². The van der Waals surface area contributed by atoms with E-state index in [0.29, 0.717) is 22.8 Å². The molecule has 0 heterocycles. The van der Waals surface area contributed by atoms with E-state index in [1.807, 2.05) is 25.1 Å². The summed E-state index contributed by atoms with van der Waals surface area (Å²) >= 11 is 9.53. The number of hydrogen-bond donors (Lipinski definition) is 1. The number of halogens is 2. The van der Waals surface area contributed by atoms with Crippen LogP contribution in [0.1, 0.15) is 23.7 Å². The largest absolute Gasteiger partial charge is 0.399 e. The summed E-state index contributed by atoms with van der Waals surface area (Å²) in [5.74, 6) is -0.131. The number of carbonyl (C=O) groups excluding carboxylic acids is 1. The lowest BCUT2D eigenvalue weighted by Gasteiger charge is -2.23. The first kappa shape index (κ1) is 15.9. The van der Waals surface area contributed by atoms with E-state index >= 15 is 0 Å². The van der Waals surface area contributed by atoms with Crippen molar-refractivity contribution in [2.45, 2.75) is 13.3 Å². The zero-order valence-corrected chi connectivity index (χ0v) is 14.0. The summed E-state index contributed by atoms with van der Waals surface area (Å²) in [6.07, 6.45) is 0.839. The summed E-state index contributed by atoms with van der Waals surface area (Å²) in [6, 6.07) is 12.5. The number of nitrogens with zero attached hydrogens (tertiary/aromatic N) is 1. The Labute approximate surface area is 137 Å². The molecule has 2 rings (SSSR count). The molecule has 0 spiro atoms. The number of nitrogen functional groups attached to an aromatic ring is 1. The van der Waals surface area contributed by atoms with Crippen LogP contribution in [-0.2, 0) is 0 Å². The lowest BCUT2D eigenvalue weighted by atomic mass is 10.1. The SMILES string of the molecule is CCCN(C(=O)c1cc(Br)ccc1Cl)c1cccc(N)c1. The van der Waals surface area contributed by atoms with E-state index in [4.69, 9.17) is 17.3 Å². The molecule has 0 unspecified atom stereocenters. The molecule has 110 valence electrons. The zero-order valence-electron chi connectivity index (χ0n) is 11.6. The second-order valence-corrected chi connectivity index (χ2v) is 6.00. The maximum atomic E-state index is 12.8. The molecule has 0 fully saturated rings. The van der Waals surface area contributed by atoms with Crippen LogP contribution >= 0.6 is 27.5 Å². The van der Waals surface area contributed by atoms with Gasteiger partial charge >= 0.3 is 0 Å². The van der Waals surface area contributed by atoms with E-state index in [9.17, 15) is 4.79 Å². The average Bonchev–Trinajstić information content (AvgIpc) is 2.46. The van der Waals surface area contributed by atoms with Gasteiger partial charge in [-0.3, -0.25) is 4.79 Å². The van der Waals surface area contributed by atoms with E-state index < -0.39 is 0 Å². The van der Waals surface area contributed by atoms with E-state index in [1.54, 1.807) is 29.2 Å².